The molecule has 0 atom stereocenters. The summed E-state index contributed by atoms with van der Waals surface area (Å²) in [6.07, 6.45) is 6.64. The van der Waals surface area contributed by atoms with E-state index in [2.05, 4.69) is 37.5 Å². The fourth-order valence-corrected chi connectivity index (χ4v) is 1.30. The minimum Gasteiger partial charge on any atom is -0.324 e. The van der Waals surface area contributed by atoms with Crippen molar-refractivity contribution in [3.8, 4) is 12.3 Å². The number of carbonyl (C=O) groups is 1. The lowest BCUT2D eigenvalue weighted by atomic mass is 10.3. The zero-order valence-corrected chi connectivity index (χ0v) is 10.5. The molecule has 0 aliphatic heterocycles. The van der Waals surface area contributed by atoms with Crippen LogP contribution in [0.5, 0.6) is 0 Å². The molecule has 0 unspecified atom stereocenters. The van der Waals surface area contributed by atoms with Crippen molar-refractivity contribution < 1.29 is 4.79 Å². The number of rotatable bonds is 4. The molecule has 0 aromatic carbocycles. The van der Waals surface area contributed by atoms with E-state index in [9.17, 15) is 4.79 Å². The van der Waals surface area contributed by atoms with Crippen molar-refractivity contribution in [2.45, 2.75) is 6.92 Å². The minimum absolute atomic E-state index is 0.140. The number of terminal acetylenes is 1. The van der Waals surface area contributed by atoms with E-state index in [1.807, 2.05) is 13.0 Å². The molecular weight excluding hydrogens is 270 g/mol. The topological polar surface area (TPSA) is 54.0 Å². The van der Waals surface area contributed by atoms with Crippen LogP contribution in [0.25, 0.3) is 0 Å². The number of anilines is 1. The van der Waals surface area contributed by atoms with Crippen molar-refractivity contribution >= 4 is 27.5 Å². The summed E-state index contributed by atoms with van der Waals surface area (Å²) >= 11 is 3.29. The van der Waals surface area contributed by atoms with Gasteiger partial charge in [-0.3, -0.25) is 10.1 Å². The molecule has 0 bridgehead atoms. The van der Waals surface area contributed by atoms with Gasteiger partial charge in [-0.1, -0.05) is 5.92 Å². The van der Waals surface area contributed by atoms with Crippen LogP contribution in [0, 0.1) is 19.3 Å². The van der Waals surface area contributed by atoms with Crippen LogP contribution in [-0.4, -0.2) is 24.0 Å². The van der Waals surface area contributed by atoms with Crippen molar-refractivity contribution in [3.05, 3.63) is 22.4 Å². The molecule has 16 heavy (non-hydrogen) atoms. The predicted octanol–water partition coefficient (Wildman–Crippen LogP) is 1.31. The number of hydrogen-bond acceptors (Lipinski definition) is 3. The van der Waals surface area contributed by atoms with Gasteiger partial charge in [0.15, 0.2) is 0 Å². The van der Waals surface area contributed by atoms with E-state index in [-0.39, 0.29) is 12.5 Å². The summed E-state index contributed by atoms with van der Waals surface area (Å²) in [5.74, 6) is 2.25. The van der Waals surface area contributed by atoms with Crippen LogP contribution in [0.1, 0.15) is 5.56 Å². The highest BCUT2D eigenvalue weighted by molar-refractivity contribution is 9.10. The van der Waals surface area contributed by atoms with Crippen molar-refractivity contribution in [1.29, 1.82) is 0 Å². The molecule has 1 rings (SSSR count). The Morgan fingerprint density at radius 1 is 1.69 bits per heavy atom. The molecule has 1 aromatic heterocycles. The number of pyridine rings is 1. The Labute approximate surface area is 103 Å². The van der Waals surface area contributed by atoms with Gasteiger partial charge in [0.25, 0.3) is 0 Å². The van der Waals surface area contributed by atoms with Gasteiger partial charge < -0.3 is 5.32 Å². The van der Waals surface area contributed by atoms with Crippen molar-refractivity contribution in [3.63, 3.8) is 0 Å². The molecule has 1 amide bonds. The molecule has 0 aliphatic carbocycles. The number of carbonyl (C=O) groups excluding carboxylic acids is 1. The van der Waals surface area contributed by atoms with E-state index in [1.165, 1.54) is 0 Å². The van der Waals surface area contributed by atoms with Crippen LogP contribution >= 0.6 is 15.9 Å². The maximum Gasteiger partial charge on any atom is 0.238 e. The largest absolute Gasteiger partial charge is 0.324 e. The first-order chi connectivity index (χ1) is 7.63. The summed E-state index contributed by atoms with van der Waals surface area (Å²) in [5.41, 5.74) is 1.64. The van der Waals surface area contributed by atoms with Gasteiger partial charge in [-0.05, 0) is 34.5 Å². The standard InChI is InChI=1S/C11H12BrN3O/c1-3-4-13-7-10(16)15-9-5-8(2)11(12)14-6-9/h1,5-6,13H,4,7H2,2H3,(H,15,16). The van der Waals surface area contributed by atoms with Gasteiger partial charge in [-0.15, -0.1) is 6.42 Å². The maximum atomic E-state index is 11.4. The third kappa shape index (κ3) is 4.01. The molecule has 5 heteroatoms. The highest BCUT2D eigenvalue weighted by atomic mass is 79.9. The monoisotopic (exact) mass is 281 g/mol. The Hall–Kier alpha value is -1.38. The summed E-state index contributed by atoms with van der Waals surface area (Å²) in [7, 11) is 0. The molecule has 1 heterocycles. The fourth-order valence-electron chi connectivity index (χ4n) is 1.08. The summed E-state index contributed by atoms with van der Waals surface area (Å²) < 4.78 is 0.774. The Morgan fingerprint density at radius 2 is 2.44 bits per heavy atom. The second kappa shape index (κ2) is 6.26. The molecular formula is C11H12BrN3O. The van der Waals surface area contributed by atoms with Crippen LogP contribution in [0.4, 0.5) is 5.69 Å². The average Bonchev–Trinajstić information content (AvgIpc) is 2.24. The Kier molecular flexibility index (Phi) is 4.96. The fraction of sp³-hybridized carbons (Fsp3) is 0.273. The average molecular weight is 282 g/mol. The van der Waals surface area contributed by atoms with Crippen LogP contribution < -0.4 is 10.6 Å². The van der Waals surface area contributed by atoms with Crippen LogP contribution in [0.3, 0.4) is 0 Å². The van der Waals surface area contributed by atoms with Gasteiger partial charge in [-0.25, -0.2) is 4.98 Å². The Bertz CT molecular complexity index is 426. The lowest BCUT2D eigenvalue weighted by Crippen LogP contribution is -2.28. The first-order valence-electron chi connectivity index (χ1n) is 4.69. The number of aromatic nitrogens is 1. The highest BCUT2D eigenvalue weighted by Gasteiger charge is 2.03. The van der Waals surface area contributed by atoms with Crippen LogP contribution in [0.15, 0.2) is 16.9 Å². The smallest absolute Gasteiger partial charge is 0.238 e. The molecule has 2 N–H and O–H groups in total. The zero-order chi connectivity index (χ0) is 12.0. The number of nitrogens with zero attached hydrogens (tertiary/aromatic N) is 1. The van der Waals surface area contributed by atoms with E-state index in [4.69, 9.17) is 6.42 Å². The van der Waals surface area contributed by atoms with Crippen LogP contribution in [0.2, 0.25) is 0 Å². The van der Waals surface area contributed by atoms with Gasteiger partial charge in [0.1, 0.15) is 4.60 Å². The Balaban J connectivity index is 2.50. The third-order valence-electron chi connectivity index (χ3n) is 1.81. The lowest BCUT2D eigenvalue weighted by molar-refractivity contribution is -0.115. The summed E-state index contributed by atoms with van der Waals surface area (Å²) in [4.78, 5) is 15.5. The third-order valence-corrected chi connectivity index (χ3v) is 2.64. The maximum absolute atomic E-state index is 11.4. The molecule has 0 spiro atoms. The molecule has 0 saturated carbocycles. The number of aryl methyl sites for hydroxylation is 1. The number of halogens is 1. The first kappa shape index (κ1) is 12.7. The molecule has 0 radical (unpaired) electrons. The number of nitrogens with one attached hydrogen (secondary N) is 2. The van der Waals surface area contributed by atoms with E-state index < -0.39 is 0 Å². The van der Waals surface area contributed by atoms with Gasteiger partial charge in [-0.2, -0.15) is 0 Å². The van der Waals surface area contributed by atoms with E-state index in [0.29, 0.717) is 12.2 Å². The number of amides is 1. The number of hydrogen-bond donors (Lipinski definition) is 2. The van der Waals surface area contributed by atoms with Gasteiger partial charge in [0.2, 0.25) is 5.91 Å². The van der Waals surface area contributed by atoms with Crippen LogP contribution in [-0.2, 0) is 4.79 Å². The minimum atomic E-state index is -0.140. The van der Waals surface area contributed by atoms with E-state index in [1.54, 1.807) is 6.20 Å². The predicted molar refractivity (Wildman–Crippen MR) is 67.0 cm³/mol. The Morgan fingerprint density at radius 3 is 3.06 bits per heavy atom. The first-order valence-corrected chi connectivity index (χ1v) is 5.49. The quantitative estimate of drug-likeness (QED) is 0.497. The van der Waals surface area contributed by atoms with Gasteiger partial charge in [0.05, 0.1) is 25.0 Å². The van der Waals surface area contributed by atoms with Gasteiger partial charge in [0, 0.05) is 0 Å². The zero-order valence-electron chi connectivity index (χ0n) is 8.88. The second-order valence-corrected chi connectivity index (χ2v) is 3.94. The molecule has 0 saturated heterocycles. The van der Waals surface area contributed by atoms with E-state index >= 15 is 0 Å². The normalized spacial score (nSPS) is 9.56. The SMILES string of the molecule is C#CCNCC(=O)Nc1cnc(Br)c(C)c1. The molecule has 0 fully saturated rings. The lowest BCUT2D eigenvalue weighted by Gasteiger charge is -2.06. The van der Waals surface area contributed by atoms with Crippen molar-refractivity contribution in [1.82, 2.24) is 10.3 Å². The van der Waals surface area contributed by atoms with Gasteiger partial charge >= 0.3 is 0 Å². The van der Waals surface area contributed by atoms with Crippen molar-refractivity contribution in [2.24, 2.45) is 0 Å². The second-order valence-electron chi connectivity index (χ2n) is 3.19. The van der Waals surface area contributed by atoms with Crippen molar-refractivity contribution in [2.75, 3.05) is 18.4 Å². The molecule has 4 nitrogen and oxygen atoms in total. The summed E-state index contributed by atoms with van der Waals surface area (Å²) in [5, 5.41) is 5.52. The summed E-state index contributed by atoms with van der Waals surface area (Å²) in [6, 6.07) is 1.84. The molecule has 84 valence electrons. The van der Waals surface area contributed by atoms with E-state index in [0.717, 1.165) is 10.2 Å². The molecule has 0 aliphatic rings. The molecule has 1 aromatic rings. The summed E-state index contributed by atoms with van der Waals surface area (Å²) in [6.45, 7) is 2.48. The highest BCUT2D eigenvalue weighted by Crippen LogP contribution is 2.16.